The van der Waals surface area contributed by atoms with Gasteiger partial charge in [0.2, 0.25) is 0 Å². The second-order valence-electron chi connectivity index (χ2n) is 7.75. The Morgan fingerprint density at radius 2 is 1.64 bits per heavy atom. The zero-order valence-corrected chi connectivity index (χ0v) is 18.5. The molecule has 1 atom stereocenters. The molecule has 3 rings (SSSR count). The van der Waals surface area contributed by atoms with Crippen LogP contribution in [0.2, 0.25) is 0 Å². The Kier molecular flexibility index (Phi) is 8.30. The highest BCUT2D eigenvalue weighted by atomic mass is 19.1. The Balaban J connectivity index is 1.53. The molecule has 2 amide bonds. The summed E-state index contributed by atoms with van der Waals surface area (Å²) in [6, 6.07) is 21.9. The largest absolute Gasteiger partial charge is 0.489 e. The van der Waals surface area contributed by atoms with Gasteiger partial charge in [-0.05, 0) is 53.4 Å². The molecular weight excluding hydrogens is 421 g/mol. The standard InChI is InChI=1S/C26H26FN3O3/c1-18(2)24(29-25(31)22-10-6-7-11-23(22)27)26(32)30-28-16-19-12-14-21(15-13-19)33-17-20-8-4-3-5-9-20/h3-16,18,24H,17H2,1-2H3,(H,29,31)(H,30,32). The van der Waals surface area contributed by atoms with E-state index < -0.39 is 23.7 Å². The van der Waals surface area contributed by atoms with Crippen LogP contribution in [0.15, 0.2) is 84.0 Å². The lowest BCUT2D eigenvalue weighted by molar-refractivity contribution is -0.123. The molecule has 33 heavy (non-hydrogen) atoms. The van der Waals surface area contributed by atoms with Gasteiger partial charge in [-0.2, -0.15) is 5.10 Å². The Labute approximate surface area is 192 Å². The zero-order chi connectivity index (χ0) is 23.6. The molecule has 7 heteroatoms. The van der Waals surface area contributed by atoms with E-state index in [0.29, 0.717) is 6.61 Å². The maximum Gasteiger partial charge on any atom is 0.262 e. The van der Waals surface area contributed by atoms with Gasteiger partial charge in [0.15, 0.2) is 0 Å². The number of amides is 2. The average Bonchev–Trinajstić information content (AvgIpc) is 2.82. The SMILES string of the molecule is CC(C)C(NC(=O)c1ccccc1F)C(=O)NN=Cc1ccc(OCc2ccccc2)cc1. The van der Waals surface area contributed by atoms with Gasteiger partial charge in [-0.15, -0.1) is 0 Å². The van der Waals surface area contributed by atoms with Crippen molar-refractivity contribution in [3.63, 3.8) is 0 Å². The van der Waals surface area contributed by atoms with Crippen LogP contribution in [-0.2, 0) is 11.4 Å². The second kappa shape index (κ2) is 11.6. The number of hydrogen-bond donors (Lipinski definition) is 2. The van der Waals surface area contributed by atoms with E-state index in [4.69, 9.17) is 4.74 Å². The first-order valence-electron chi connectivity index (χ1n) is 10.6. The minimum absolute atomic E-state index is 0.117. The van der Waals surface area contributed by atoms with Gasteiger partial charge < -0.3 is 10.1 Å². The maximum atomic E-state index is 13.9. The molecule has 0 bridgehead atoms. The fourth-order valence-corrected chi connectivity index (χ4v) is 3.03. The Hall–Kier alpha value is -4.00. The monoisotopic (exact) mass is 447 g/mol. The predicted molar refractivity (Wildman–Crippen MR) is 125 cm³/mol. The van der Waals surface area contributed by atoms with Crippen LogP contribution in [0.5, 0.6) is 5.75 Å². The molecule has 3 aromatic rings. The van der Waals surface area contributed by atoms with Crippen molar-refractivity contribution in [3.8, 4) is 5.75 Å². The molecule has 1 unspecified atom stereocenters. The molecule has 0 aliphatic heterocycles. The van der Waals surface area contributed by atoms with E-state index in [1.165, 1.54) is 24.4 Å². The van der Waals surface area contributed by atoms with Crippen molar-refractivity contribution in [2.45, 2.75) is 26.5 Å². The molecule has 0 radical (unpaired) electrons. The van der Waals surface area contributed by atoms with Crippen LogP contribution in [0, 0.1) is 11.7 Å². The van der Waals surface area contributed by atoms with E-state index >= 15 is 0 Å². The molecule has 3 aromatic carbocycles. The lowest BCUT2D eigenvalue weighted by Gasteiger charge is -2.20. The number of nitrogens with zero attached hydrogens (tertiary/aromatic N) is 1. The minimum atomic E-state index is -0.872. The molecule has 0 heterocycles. The highest BCUT2D eigenvalue weighted by Gasteiger charge is 2.25. The Morgan fingerprint density at radius 3 is 2.30 bits per heavy atom. The van der Waals surface area contributed by atoms with Crippen molar-refractivity contribution < 1.29 is 18.7 Å². The third kappa shape index (κ3) is 7.00. The third-order valence-electron chi connectivity index (χ3n) is 4.87. The van der Waals surface area contributed by atoms with E-state index in [2.05, 4.69) is 15.8 Å². The van der Waals surface area contributed by atoms with Gasteiger partial charge in [0.1, 0.15) is 24.2 Å². The number of carbonyl (C=O) groups is 2. The van der Waals surface area contributed by atoms with Crippen LogP contribution in [0.25, 0.3) is 0 Å². The first-order valence-corrected chi connectivity index (χ1v) is 10.6. The summed E-state index contributed by atoms with van der Waals surface area (Å²) in [6.45, 7) is 4.03. The summed E-state index contributed by atoms with van der Waals surface area (Å²) >= 11 is 0. The van der Waals surface area contributed by atoms with E-state index in [1.54, 1.807) is 19.9 Å². The van der Waals surface area contributed by atoms with Crippen LogP contribution in [-0.4, -0.2) is 24.1 Å². The molecule has 2 N–H and O–H groups in total. The fourth-order valence-electron chi connectivity index (χ4n) is 3.03. The quantitative estimate of drug-likeness (QED) is 0.379. The van der Waals surface area contributed by atoms with Crippen LogP contribution in [0.4, 0.5) is 4.39 Å². The van der Waals surface area contributed by atoms with E-state index in [1.807, 2.05) is 54.6 Å². The molecule has 170 valence electrons. The van der Waals surface area contributed by atoms with Gasteiger partial charge in [-0.25, -0.2) is 9.82 Å². The van der Waals surface area contributed by atoms with Crippen LogP contribution in [0.3, 0.4) is 0 Å². The van der Waals surface area contributed by atoms with Crippen molar-refractivity contribution in [1.82, 2.24) is 10.7 Å². The number of hydrogen-bond acceptors (Lipinski definition) is 4. The predicted octanol–water partition coefficient (Wildman–Crippen LogP) is 4.31. The first kappa shape index (κ1) is 23.7. The molecule has 0 aromatic heterocycles. The Bertz CT molecular complexity index is 1100. The van der Waals surface area contributed by atoms with Crippen molar-refractivity contribution in [3.05, 3.63) is 101 Å². The summed E-state index contributed by atoms with van der Waals surface area (Å²) in [5, 5.41) is 6.55. The van der Waals surface area contributed by atoms with Crippen molar-refractivity contribution in [2.75, 3.05) is 0 Å². The van der Waals surface area contributed by atoms with Crippen molar-refractivity contribution >= 4 is 18.0 Å². The summed E-state index contributed by atoms with van der Waals surface area (Å²) in [5.74, 6) is -1.30. The normalized spacial score (nSPS) is 11.9. The van der Waals surface area contributed by atoms with Crippen molar-refractivity contribution in [1.29, 1.82) is 0 Å². The third-order valence-corrected chi connectivity index (χ3v) is 4.87. The highest BCUT2D eigenvalue weighted by Crippen LogP contribution is 2.13. The molecule has 6 nitrogen and oxygen atoms in total. The lowest BCUT2D eigenvalue weighted by atomic mass is 10.0. The second-order valence-corrected chi connectivity index (χ2v) is 7.75. The average molecular weight is 448 g/mol. The maximum absolute atomic E-state index is 13.9. The number of hydrazone groups is 1. The van der Waals surface area contributed by atoms with Gasteiger partial charge in [-0.3, -0.25) is 9.59 Å². The number of benzene rings is 3. The highest BCUT2D eigenvalue weighted by molar-refractivity contribution is 5.98. The summed E-state index contributed by atoms with van der Waals surface area (Å²) in [5.41, 5.74) is 4.16. The zero-order valence-electron chi connectivity index (χ0n) is 18.5. The van der Waals surface area contributed by atoms with Crippen LogP contribution >= 0.6 is 0 Å². The summed E-state index contributed by atoms with van der Waals surface area (Å²) in [7, 11) is 0. The molecule has 0 spiro atoms. The molecule has 0 saturated carbocycles. The van der Waals surface area contributed by atoms with Gasteiger partial charge in [-0.1, -0.05) is 56.3 Å². The summed E-state index contributed by atoms with van der Waals surface area (Å²) in [6.07, 6.45) is 1.49. The van der Waals surface area contributed by atoms with Gasteiger partial charge in [0.05, 0.1) is 11.8 Å². The number of halogens is 1. The van der Waals surface area contributed by atoms with E-state index in [0.717, 1.165) is 16.9 Å². The summed E-state index contributed by atoms with van der Waals surface area (Å²) in [4.78, 5) is 24.9. The molecule has 0 aliphatic carbocycles. The molecular formula is C26H26FN3O3. The molecule has 0 aliphatic rings. The number of carbonyl (C=O) groups excluding carboxylic acids is 2. The lowest BCUT2D eigenvalue weighted by Crippen LogP contribution is -2.48. The molecule has 0 saturated heterocycles. The molecule has 0 fully saturated rings. The van der Waals surface area contributed by atoms with Crippen LogP contribution in [0.1, 0.15) is 35.3 Å². The smallest absolute Gasteiger partial charge is 0.262 e. The minimum Gasteiger partial charge on any atom is -0.489 e. The fraction of sp³-hybridized carbons (Fsp3) is 0.192. The summed E-state index contributed by atoms with van der Waals surface area (Å²) < 4.78 is 19.6. The number of nitrogens with one attached hydrogen (secondary N) is 2. The van der Waals surface area contributed by atoms with E-state index in [9.17, 15) is 14.0 Å². The van der Waals surface area contributed by atoms with Gasteiger partial charge in [0.25, 0.3) is 11.8 Å². The van der Waals surface area contributed by atoms with E-state index in [-0.39, 0.29) is 11.5 Å². The van der Waals surface area contributed by atoms with Crippen molar-refractivity contribution in [2.24, 2.45) is 11.0 Å². The van der Waals surface area contributed by atoms with Crippen LogP contribution < -0.4 is 15.5 Å². The number of ether oxygens (including phenoxy) is 1. The first-order chi connectivity index (χ1) is 15.9. The topological polar surface area (TPSA) is 79.8 Å². The number of rotatable bonds is 9. The van der Waals surface area contributed by atoms with Gasteiger partial charge in [0, 0.05) is 0 Å². The Morgan fingerprint density at radius 1 is 0.970 bits per heavy atom. The van der Waals surface area contributed by atoms with Gasteiger partial charge >= 0.3 is 0 Å².